The van der Waals surface area contributed by atoms with E-state index in [1.165, 1.54) is 109 Å². The number of aliphatic hydroxyl groups excluding tert-OH is 2. The third kappa shape index (κ3) is 45.6. The van der Waals surface area contributed by atoms with E-state index in [1.54, 1.807) is 0 Å². The van der Waals surface area contributed by atoms with E-state index in [1.807, 2.05) is 0 Å². The van der Waals surface area contributed by atoms with Crippen LogP contribution in [0.3, 0.4) is 0 Å². The molecule has 3 unspecified atom stereocenters. The maximum atomic E-state index is 13.2. The normalized spacial score (nSPS) is 13.9. The Morgan fingerprint density at radius 1 is 0.469 bits per heavy atom. The van der Waals surface area contributed by atoms with Gasteiger partial charge in [0.15, 0.2) is 0 Å². The van der Waals surface area contributed by atoms with Crippen molar-refractivity contribution in [1.29, 1.82) is 0 Å². The number of amides is 1. The van der Waals surface area contributed by atoms with Gasteiger partial charge in [0.05, 0.1) is 25.2 Å². The molecular formula is C58H101NO5. The van der Waals surface area contributed by atoms with E-state index in [0.29, 0.717) is 19.3 Å². The number of carbonyl (C=O) groups is 2. The average molecular weight is 892 g/mol. The molecule has 0 aliphatic carbocycles. The third-order valence-electron chi connectivity index (χ3n) is 11.7. The number of unbranched alkanes of at least 4 members (excludes halogenated alkanes) is 21. The van der Waals surface area contributed by atoms with E-state index in [-0.39, 0.29) is 24.9 Å². The van der Waals surface area contributed by atoms with Crippen LogP contribution in [0.15, 0.2) is 85.1 Å². The highest BCUT2D eigenvalue weighted by atomic mass is 16.5. The summed E-state index contributed by atoms with van der Waals surface area (Å²) in [6, 6.07) is -0.723. The van der Waals surface area contributed by atoms with Crippen molar-refractivity contribution in [1.82, 2.24) is 5.32 Å². The molecule has 3 N–H and O–H groups in total. The predicted molar refractivity (Wildman–Crippen MR) is 278 cm³/mol. The van der Waals surface area contributed by atoms with Gasteiger partial charge in [0.25, 0.3) is 0 Å². The summed E-state index contributed by atoms with van der Waals surface area (Å²) in [5.74, 6) is -0.538. The zero-order valence-corrected chi connectivity index (χ0v) is 41.9. The summed E-state index contributed by atoms with van der Waals surface area (Å²) in [5, 5.41) is 23.7. The van der Waals surface area contributed by atoms with Crippen LogP contribution in [0.5, 0.6) is 0 Å². The first-order valence-electron chi connectivity index (χ1n) is 26.8. The molecule has 1 amide bonds. The number of allylic oxidation sites excluding steroid dienone is 14. The van der Waals surface area contributed by atoms with Crippen LogP contribution in [0.2, 0.25) is 0 Å². The van der Waals surface area contributed by atoms with E-state index in [4.69, 9.17) is 4.74 Å². The highest BCUT2D eigenvalue weighted by molar-refractivity contribution is 5.77. The Labute approximate surface area is 395 Å². The maximum absolute atomic E-state index is 13.2. The van der Waals surface area contributed by atoms with Gasteiger partial charge in [-0.15, -0.1) is 0 Å². The van der Waals surface area contributed by atoms with Crippen molar-refractivity contribution >= 4 is 11.9 Å². The molecule has 0 aromatic carbocycles. The summed E-state index contributed by atoms with van der Waals surface area (Å²) < 4.78 is 5.91. The Hall–Kier alpha value is -2.96. The second-order valence-corrected chi connectivity index (χ2v) is 17.9. The number of ether oxygens (including phenoxy) is 1. The first kappa shape index (κ1) is 61.0. The van der Waals surface area contributed by atoms with Gasteiger partial charge in [-0.2, -0.15) is 0 Å². The highest BCUT2D eigenvalue weighted by Gasteiger charge is 2.24. The van der Waals surface area contributed by atoms with Gasteiger partial charge in [0.1, 0.15) is 6.10 Å². The Morgan fingerprint density at radius 2 is 0.859 bits per heavy atom. The first-order chi connectivity index (χ1) is 31.5. The fourth-order valence-electron chi connectivity index (χ4n) is 7.67. The van der Waals surface area contributed by atoms with Gasteiger partial charge < -0.3 is 20.3 Å². The Balaban J connectivity index is 4.65. The van der Waals surface area contributed by atoms with E-state index >= 15 is 0 Å². The quantitative estimate of drug-likeness (QED) is 0.0321. The van der Waals surface area contributed by atoms with Crippen LogP contribution in [0.1, 0.15) is 245 Å². The largest absolute Gasteiger partial charge is 0.462 e. The maximum Gasteiger partial charge on any atom is 0.306 e. The fraction of sp³-hybridized carbons (Fsp3) is 0.724. The third-order valence-corrected chi connectivity index (χ3v) is 11.7. The molecule has 3 atom stereocenters. The van der Waals surface area contributed by atoms with Gasteiger partial charge in [0.2, 0.25) is 5.91 Å². The van der Waals surface area contributed by atoms with Gasteiger partial charge >= 0.3 is 5.97 Å². The Morgan fingerprint density at radius 3 is 1.34 bits per heavy atom. The monoisotopic (exact) mass is 892 g/mol. The lowest BCUT2D eigenvalue weighted by Crippen LogP contribution is -2.46. The van der Waals surface area contributed by atoms with Crippen LogP contribution in [0.25, 0.3) is 0 Å². The van der Waals surface area contributed by atoms with Gasteiger partial charge in [-0.3, -0.25) is 9.59 Å². The summed E-state index contributed by atoms with van der Waals surface area (Å²) >= 11 is 0. The number of hydrogen-bond donors (Lipinski definition) is 3. The van der Waals surface area contributed by atoms with Crippen LogP contribution in [0, 0.1) is 0 Å². The lowest BCUT2D eigenvalue weighted by atomic mass is 10.0. The zero-order valence-electron chi connectivity index (χ0n) is 41.9. The molecule has 0 radical (unpaired) electrons. The molecule has 0 aliphatic rings. The van der Waals surface area contributed by atoms with Crippen molar-refractivity contribution in [3.63, 3.8) is 0 Å². The molecule has 0 saturated carbocycles. The molecule has 0 aliphatic heterocycles. The molecule has 6 heteroatoms. The van der Waals surface area contributed by atoms with E-state index in [9.17, 15) is 19.8 Å². The molecule has 0 fully saturated rings. The van der Waals surface area contributed by atoms with Crippen LogP contribution in [-0.2, 0) is 14.3 Å². The smallest absolute Gasteiger partial charge is 0.306 e. The number of carbonyl (C=O) groups excluding carboxylic acids is 2. The van der Waals surface area contributed by atoms with Crippen molar-refractivity contribution in [2.45, 2.75) is 264 Å². The molecule has 0 heterocycles. The van der Waals surface area contributed by atoms with Crippen molar-refractivity contribution in [3.05, 3.63) is 85.1 Å². The molecule has 0 bridgehead atoms. The molecule has 0 aromatic heterocycles. The molecule has 64 heavy (non-hydrogen) atoms. The van der Waals surface area contributed by atoms with Gasteiger partial charge in [0, 0.05) is 6.42 Å². The standard InChI is InChI=1S/C58H101NO5/c1-4-7-10-13-16-19-21-23-25-27-28-30-32-34-36-39-42-45-48-51-58(63)64-54(49-46-43-40-38-35-33-31-29-26-24-22-20-17-14-11-8-5-2)52-57(62)59-55(53-60)56(61)50-47-44-41-37-18-15-12-9-6-3/h8,11,16-17,19-20,23-26,31,33,38,40,54-56,60-61H,4-7,9-10,12-15,18,21-22,27-30,32,34-37,39,41-53H2,1-3H3,(H,59,62)/b11-8-,19-16-,20-17-,25-23-,26-24-,33-31-,40-38-. The van der Waals surface area contributed by atoms with Crippen molar-refractivity contribution in [2.75, 3.05) is 6.61 Å². The van der Waals surface area contributed by atoms with Gasteiger partial charge in [-0.25, -0.2) is 0 Å². The molecular weight excluding hydrogens is 791 g/mol. The molecule has 0 saturated heterocycles. The minimum absolute atomic E-state index is 0.0332. The van der Waals surface area contributed by atoms with Crippen LogP contribution in [0.4, 0.5) is 0 Å². The molecule has 0 rings (SSSR count). The topological polar surface area (TPSA) is 95.9 Å². The van der Waals surface area contributed by atoms with E-state index < -0.39 is 18.2 Å². The number of esters is 1. The molecule has 6 nitrogen and oxygen atoms in total. The van der Waals surface area contributed by atoms with Crippen molar-refractivity contribution in [2.24, 2.45) is 0 Å². The minimum Gasteiger partial charge on any atom is -0.462 e. The lowest BCUT2D eigenvalue weighted by Gasteiger charge is -2.24. The average Bonchev–Trinajstić information content (AvgIpc) is 3.29. The van der Waals surface area contributed by atoms with E-state index in [2.05, 4.69) is 111 Å². The van der Waals surface area contributed by atoms with E-state index in [0.717, 1.165) is 89.9 Å². The fourth-order valence-corrected chi connectivity index (χ4v) is 7.67. The zero-order chi connectivity index (χ0) is 46.7. The predicted octanol–water partition coefficient (Wildman–Crippen LogP) is 16.3. The lowest BCUT2D eigenvalue weighted by molar-refractivity contribution is -0.151. The number of nitrogens with one attached hydrogen (secondary N) is 1. The first-order valence-corrected chi connectivity index (χ1v) is 26.8. The summed E-state index contributed by atoms with van der Waals surface area (Å²) in [7, 11) is 0. The summed E-state index contributed by atoms with van der Waals surface area (Å²) in [6.07, 6.45) is 66.5. The van der Waals surface area contributed by atoms with Crippen molar-refractivity contribution in [3.8, 4) is 0 Å². The van der Waals surface area contributed by atoms with Crippen LogP contribution < -0.4 is 5.32 Å². The summed E-state index contributed by atoms with van der Waals surface area (Å²) in [6.45, 7) is 6.31. The van der Waals surface area contributed by atoms with Gasteiger partial charge in [-0.1, -0.05) is 221 Å². The Kier molecular flexibility index (Phi) is 48.7. The molecule has 368 valence electrons. The Bertz CT molecular complexity index is 1230. The number of aliphatic hydroxyl groups is 2. The summed E-state index contributed by atoms with van der Waals surface area (Å²) in [5.41, 5.74) is 0. The molecule has 0 aromatic rings. The highest BCUT2D eigenvalue weighted by Crippen LogP contribution is 2.17. The number of hydrogen-bond acceptors (Lipinski definition) is 5. The summed E-state index contributed by atoms with van der Waals surface area (Å²) in [4.78, 5) is 26.2. The van der Waals surface area contributed by atoms with Gasteiger partial charge in [-0.05, 0) is 96.3 Å². The molecule has 0 spiro atoms. The number of rotatable bonds is 47. The second-order valence-electron chi connectivity index (χ2n) is 17.9. The van der Waals surface area contributed by atoms with Crippen LogP contribution in [-0.4, -0.2) is 46.9 Å². The minimum atomic E-state index is -0.806. The SMILES string of the molecule is CC/C=C\C/C=C\C/C=C\C/C=C\C/C=C\CCCC(CC(=O)NC(CO)C(O)CCCCCCCCCCC)OC(=O)CCCCCCCCCCC/C=C\C/C=C\CCCCC. The van der Waals surface area contributed by atoms with Crippen LogP contribution >= 0.6 is 0 Å². The van der Waals surface area contributed by atoms with Crippen molar-refractivity contribution < 1.29 is 24.5 Å². The second kappa shape index (κ2) is 51.0.